The van der Waals surface area contributed by atoms with Gasteiger partial charge < -0.3 is 5.32 Å². The topological polar surface area (TPSA) is 66.5 Å². The number of nitrogens with one attached hydrogen (secondary N) is 1. The highest BCUT2D eigenvalue weighted by atomic mass is 32.2. The van der Waals surface area contributed by atoms with Crippen molar-refractivity contribution in [1.82, 2.24) is 5.32 Å². The molecule has 0 radical (unpaired) electrons. The van der Waals surface area contributed by atoms with E-state index in [0.717, 1.165) is 11.5 Å². The molecular formula is C17H20N2O3S3. The lowest BCUT2D eigenvalue weighted by Gasteiger charge is -2.17. The molecule has 1 aliphatic heterocycles. The molecule has 0 spiro atoms. The molecule has 8 heteroatoms. The maximum Gasteiger partial charge on any atom is 0.251 e. The summed E-state index contributed by atoms with van der Waals surface area (Å²) in [6, 6.07) is 8.86. The van der Waals surface area contributed by atoms with Gasteiger partial charge in [-0.15, -0.1) is 0 Å². The molecule has 1 aromatic heterocycles. The number of thioether (sulfide) groups is 1. The lowest BCUT2D eigenvalue weighted by molar-refractivity contribution is 0.0956. The van der Waals surface area contributed by atoms with Gasteiger partial charge in [0.25, 0.3) is 5.91 Å². The van der Waals surface area contributed by atoms with Crippen molar-refractivity contribution in [1.29, 1.82) is 0 Å². The minimum absolute atomic E-state index is 0.132. The van der Waals surface area contributed by atoms with Crippen LogP contribution in [0.25, 0.3) is 0 Å². The summed E-state index contributed by atoms with van der Waals surface area (Å²) >= 11 is 3.48. The largest absolute Gasteiger partial charge is 0.351 e. The number of hydrogen-bond donors (Lipinski definition) is 1. The van der Waals surface area contributed by atoms with Gasteiger partial charge in [0.15, 0.2) is 0 Å². The van der Waals surface area contributed by atoms with E-state index in [1.165, 1.54) is 9.87 Å². The number of thiophene rings is 1. The van der Waals surface area contributed by atoms with Crippen LogP contribution in [0.15, 0.2) is 41.1 Å². The Morgan fingerprint density at radius 3 is 2.68 bits per heavy atom. The number of anilines is 1. The van der Waals surface area contributed by atoms with Crippen LogP contribution in [0.5, 0.6) is 0 Å². The van der Waals surface area contributed by atoms with Crippen LogP contribution in [0, 0.1) is 0 Å². The fourth-order valence-electron chi connectivity index (χ4n) is 2.61. The average molecular weight is 397 g/mol. The molecule has 1 N–H and O–H groups in total. The molecule has 1 aliphatic rings. The third kappa shape index (κ3) is 4.77. The standard InChI is InChI=1S/C17H20N2O3S3/c20-17(18-7-10-24-13-14-6-9-23-12-14)15-2-4-16(5-3-15)19-8-1-11-25(19,21)22/h2-6,9,12H,1,7-8,10-11,13H2,(H,18,20). The predicted octanol–water partition coefficient (Wildman–Crippen LogP) is 2.95. The van der Waals surface area contributed by atoms with Gasteiger partial charge in [0.1, 0.15) is 0 Å². The summed E-state index contributed by atoms with van der Waals surface area (Å²) in [6.07, 6.45) is 0.646. The Kier molecular flexibility index (Phi) is 6.03. The number of amides is 1. The summed E-state index contributed by atoms with van der Waals surface area (Å²) in [5, 5.41) is 7.09. The van der Waals surface area contributed by atoms with E-state index in [9.17, 15) is 13.2 Å². The van der Waals surface area contributed by atoms with Gasteiger partial charge in [0.05, 0.1) is 11.4 Å². The second-order valence-corrected chi connectivity index (χ2v) is 9.63. The SMILES string of the molecule is O=C(NCCSCc1ccsc1)c1ccc(N2CCCS2(=O)=O)cc1. The monoisotopic (exact) mass is 396 g/mol. The lowest BCUT2D eigenvalue weighted by atomic mass is 10.2. The minimum atomic E-state index is -3.18. The van der Waals surface area contributed by atoms with E-state index in [4.69, 9.17) is 0 Å². The summed E-state index contributed by atoms with van der Waals surface area (Å²) in [5.41, 5.74) is 2.48. The van der Waals surface area contributed by atoms with E-state index < -0.39 is 10.0 Å². The molecule has 1 amide bonds. The summed E-state index contributed by atoms with van der Waals surface area (Å²) < 4.78 is 25.2. The lowest BCUT2D eigenvalue weighted by Crippen LogP contribution is -2.27. The van der Waals surface area contributed by atoms with Crippen LogP contribution in [0.1, 0.15) is 22.3 Å². The van der Waals surface area contributed by atoms with Crippen LogP contribution in [0.2, 0.25) is 0 Å². The molecular weight excluding hydrogens is 376 g/mol. The van der Waals surface area contributed by atoms with Crippen LogP contribution in [0.4, 0.5) is 5.69 Å². The zero-order chi connectivity index (χ0) is 17.7. The smallest absolute Gasteiger partial charge is 0.251 e. The first-order chi connectivity index (χ1) is 12.1. The molecule has 1 aromatic carbocycles. The van der Waals surface area contributed by atoms with Gasteiger partial charge in [0.2, 0.25) is 10.0 Å². The normalized spacial score (nSPS) is 16.1. The van der Waals surface area contributed by atoms with Gasteiger partial charge in [-0.25, -0.2) is 8.42 Å². The molecule has 1 fully saturated rings. The van der Waals surface area contributed by atoms with Crippen molar-refractivity contribution < 1.29 is 13.2 Å². The third-order valence-corrected chi connectivity index (χ3v) is 7.53. The molecule has 134 valence electrons. The number of carbonyl (C=O) groups is 1. The van der Waals surface area contributed by atoms with Gasteiger partial charge in [0, 0.05) is 30.2 Å². The van der Waals surface area contributed by atoms with Gasteiger partial charge in [-0.1, -0.05) is 0 Å². The molecule has 3 rings (SSSR count). The van der Waals surface area contributed by atoms with Crippen LogP contribution >= 0.6 is 23.1 Å². The molecule has 1 saturated heterocycles. The number of carbonyl (C=O) groups excluding carboxylic acids is 1. The summed E-state index contributed by atoms with van der Waals surface area (Å²) in [4.78, 5) is 12.1. The minimum Gasteiger partial charge on any atom is -0.351 e. The number of hydrogen-bond acceptors (Lipinski definition) is 5. The Morgan fingerprint density at radius 1 is 1.24 bits per heavy atom. The first kappa shape index (κ1) is 18.3. The quantitative estimate of drug-likeness (QED) is 0.731. The molecule has 0 aliphatic carbocycles. The Balaban J connectivity index is 1.46. The Morgan fingerprint density at radius 2 is 2.04 bits per heavy atom. The van der Waals surface area contributed by atoms with Gasteiger partial charge in [-0.3, -0.25) is 9.10 Å². The maximum absolute atomic E-state index is 12.1. The van der Waals surface area contributed by atoms with Crippen LogP contribution in [-0.4, -0.2) is 38.9 Å². The summed E-state index contributed by atoms with van der Waals surface area (Å²) in [5.74, 6) is 1.87. The molecule has 2 aromatic rings. The third-order valence-electron chi connectivity index (χ3n) is 3.90. The fourth-order valence-corrected chi connectivity index (χ4v) is 5.76. The molecule has 0 atom stereocenters. The number of sulfonamides is 1. The summed E-state index contributed by atoms with van der Waals surface area (Å²) in [7, 11) is -3.18. The van der Waals surface area contributed by atoms with Crippen LogP contribution in [-0.2, 0) is 15.8 Å². The Hall–Kier alpha value is -1.51. The number of benzene rings is 1. The summed E-state index contributed by atoms with van der Waals surface area (Å²) in [6.45, 7) is 1.12. The number of rotatable bonds is 7. The van der Waals surface area contributed by atoms with Gasteiger partial charge in [-0.05, 0) is 53.1 Å². The molecule has 0 saturated carbocycles. The highest BCUT2D eigenvalue weighted by Gasteiger charge is 2.28. The highest BCUT2D eigenvalue weighted by Crippen LogP contribution is 2.24. The average Bonchev–Trinajstić information content (AvgIpc) is 3.23. The van der Waals surface area contributed by atoms with Crippen LogP contribution in [0.3, 0.4) is 0 Å². The van der Waals surface area contributed by atoms with Crippen molar-refractivity contribution in [2.24, 2.45) is 0 Å². The van der Waals surface area contributed by atoms with Crippen molar-refractivity contribution in [2.45, 2.75) is 12.2 Å². The van der Waals surface area contributed by atoms with Crippen LogP contribution < -0.4 is 9.62 Å². The van der Waals surface area contributed by atoms with E-state index >= 15 is 0 Å². The van der Waals surface area contributed by atoms with Crippen molar-refractivity contribution in [3.05, 3.63) is 52.2 Å². The molecule has 25 heavy (non-hydrogen) atoms. The molecule has 5 nitrogen and oxygen atoms in total. The van der Waals surface area contributed by atoms with Crippen molar-refractivity contribution in [3.63, 3.8) is 0 Å². The van der Waals surface area contributed by atoms with Crippen molar-refractivity contribution in [2.75, 3.05) is 28.9 Å². The first-order valence-corrected chi connectivity index (χ1v) is 11.7. The zero-order valence-electron chi connectivity index (χ0n) is 13.7. The molecule has 0 bridgehead atoms. The van der Waals surface area contributed by atoms with Crippen molar-refractivity contribution in [3.8, 4) is 0 Å². The number of nitrogens with zero attached hydrogens (tertiary/aromatic N) is 1. The zero-order valence-corrected chi connectivity index (χ0v) is 16.1. The van der Waals surface area contributed by atoms with E-state index in [1.54, 1.807) is 47.4 Å². The first-order valence-electron chi connectivity index (χ1n) is 8.04. The maximum atomic E-state index is 12.1. The Labute approximate surface area is 156 Å². The van der Waals surface area contributed by atoms with E-state index in [0.29, 0.717) is 30.8 Å². The fraction of sp³-hybridized carbons (Fsp3) is 0.353. The van der Waals surface area contributed by atoms with Gasteiger partial charge >= 0.3 is 0 Å². The van der Waals surface area contributed by atoms with E-state index in [2.05, 4.69) is 22.1 Å². The molecule has 0 unspecified atom stereocenters. The van der Waals surface area contributed by atoms with Crippen molar-refractivity contribution >= 4 is 44.7 Å². The van der Waals surface area contributed by atoms with E-state index in [1.807, 2.05) is 0 Å². The predicted molar refractivity (Wildman–Crippen MR) is 105 cm³/mol. The molecule has 2 heterocycles. The second-order valence-electron chi connectivity index (χ2n) is 5.73. The van der Waals surface area contributed by atoms with Gasteiger partial charge in [-0.2, -0.15) is 23.1 Å². The van der Waals surface area contributed by atoms with E-state index in [-0.39, 0.29) is 11.7 Å². The second kappa shape index (κ2) is 8.25. The Bertz CT molecular complexity index is 802. The highest BCUT2D eigenvalue weighted by molar-refractivity contribution is 7.98.